The first-order chi connectivity index (χ1) is 6.60. The van der Waals surface area contributed by atoms with Crippen molar-refractivity contribution in [1.82, 2.24) is 4.98 Å². The summed E-state index contributed by atoms with van der Waals surface area (Å²) in [5.41, 5.74) is -1.29. The molecule has 0 spiro atoms. The van der Waals surface area contributed by atoms with Crippen LogP contribution in [0.1, 0.15) is 23.2 Å². The fourth-order valence-corrected chi connectivity index (χ4v) is 1.24. The van der Waals surface area contributed by atoms with E-state index in [9.17, 15) is 13.6 Å². The third-order valence-electron chi connectivity index (χ3n) is 1.76. The van der Waals surface area contributed by atoms with Crippen molar-refractivity contribution in [3.8, 4) is 0 Å². The normalized spacial score (nSPS) is 10.9. The van der Waals surface area contributed by atoms with Gasteiger partial charge in [0.1, 0.15) is 0 Å². The smallest absolute Gasteiger partial charge is 0.264 e. The lowest BCUT2D eigenvalue weighted by Gasteiger charge is -2.06. The molecule has 6 heteroatoms. The minimum Gasteiger partial charge on any atom is -0.391 e. The first-order valence-electron chi connectivity index (χ1n) is 3.80. The van der Waals surface area contributed by atoms with Gasteiger partial charge in [0.05, 0.1) is 18.1 Å². The van der Waals surface area contributed by atoms with Gasteiger partial charge < -0.3 is 10.1 Å². The Bertz CT molecular complexity index is 378. The molecule has 14 heavy (non-hydrogen) atoms. The zero-order valence-electron chi connectivity index (χ0n) is 7.06. The molecule has 0 amide bonds. The summed E-state index contributed by atoms with van der Waals surface area (Å²) in [6.45, 7) is -0.711. The Hall–Kier alpha value is -0.940. The molecule has 0 radical (unpaired) electrons. The van der Waals surface area contributed by atoms with E-state index in [4.69, 9.17) is 16.7 Å². The molecule has 0 aliphatic rings. The minimum absolute atomic E-state index is 0.0549. The highest BCUT2D eigenvalue weighted by molar-refractivity contribution is 6.16. The Labute approximate surface area is 83.3 Å². The van der Waals surface area contributed by atoms with E-state index < -0.39 is 24.2 Å². The third kappa shape index (κ3) is 2.10. The number of aromatic nitrogens is 1. The quantitative estimate of drug-likeness (QED) is 0.764. The number of alkyl halides is 3. The molecule has 1 rings (SSSR count). The topological polar surface area (TPSA) is 53.1 Å². The first-order valence-corrected chi connectivity index (χ1v) is 4.33. The lowest BCUT2D eigenvalue weighted by molar-refractivity contribution is 0.146. The maximum atomic E-state index is 12.4. The largest absolute Gasteiger partial charge is 0.391 e. The van der Waals surface area contributed by atoms with Gasteiger partial charge in [0.25, 0.3) is 12.0 Å². The van der Waals surface area contributed by atoms with Crippen LogP contribution < -0.4 is 5.56 Å². The first kappa shape index (κ1) is 11.1. The van der Waals surface area contributed by atoms with Crippen LogP contribution >= 0.6 is 11.6 Å². The summed E-state index contributed by atoms with van der Waals surface area (Å²) in [6.07, 6.45) is -2.79. The van der Waals surface area contributed by atoms with Crippen LogP contribution in [0.15, 0.2) is 10.9 Å². The second-order valence-corrected chi connectivity index (χ2v) is 2.92. The van der Waals surface area contributed by atoms with Crippen LogP contribution in [0, 0.1) is 0 Å². The molecule has 0 saturated heterocycles. The van der Waals surface area contributed by atoms with E-state index in [0.29, 0.717) is 0 Å². The Morgan fingerprint density at radius 3 is 2.64 bits per heavy atom. The molecule has 1 aromatic heterocycles. The predicted molar refractivity (Wildman–Crippen MR) is 47.5 cm³/mol. The number of hydrogen-bond acceptors (Lipinski definition) is 2. The summed E-state index contributed by atoms with van der Waals surface area (Å²) in [4.78, 5) is 13.4. The van der Waals surface area contributed by atoms with E-state index in [0.717, 1.165) is 6.07 Å². The Balaban J connectivity index is 3.36. The fraction of sp³-hybridized carbons (Fsp3) is 0.375. The van der Waals surface area contributed by atoms with E-state index in [2.05, 4.69) is 4.98 Å². The van der Waals surface area contributed by atoms with Crippen LogP contribution in [-0.4, -0.2) is 10.1 Å². The zero-order valence-corrected chi connectivity index (χ0v) is 7.81. The molecule has 2 N–H and O–H groups in total. The van der Waals surface area contributed by atoms with E-state index in [1.54, 1.807) is 0 Å². The lowest BCUT2D eigenvalue weighted by atomic mass is 10.1. The Morgan fingerprint density at radius 1 is 1.57 bits per heavy atom. The maximum absolute atomic E-state index is 12.4. The number of pyridine rings is 1. The van der Waals surface area contributed by atoms with Gasteiger partial charge in [-0.05, 0) is 6.07 Å². The fourth-order valence-electron chi connectivity index (χ4n) is 1.09. The van der Waals surface area contributed by atoms with Gasteiger partial charge in [-0.2, -0.15) is 0 Å². The summed E-state index contributed by atoms with van der Waals surface area (Å²) >= 11 is 5.39. The van der Waals surface area contributed by atoms with Crippen LogP contribution in [0.3, 0.4) is 0 Å². The molecule has 3 nitrogen and oxygen atoms in total. The zero-order chi connectivity index (χ0) is 10.7. The summed E-state index contributed by atoms with van der Waals surface area (Å²) in [5, 5.41) is 8.73. The van der Waals surface area contributed by atoms with E-state index in [1.807, 2.05) is 0 Å². The van der Waals surface area contributed by atoms with Crippen molar-refractivity contribution < 1.29 is 13.9 Å². The SMILES string of the molecule is O=c1[nH]c(CCl)cc(C(F)F)c1CO. The highest BCUT2D eigenvalue weighted by Crippen LogP contribution is 2.21. The van der Waals surface area contributed by atoms with Crippen molar-refractivity contribution >= 4 is 11.6 Å². The van der Waals surface area contributed by atoms with Gasteiger partial charge in [-0.3, -0.25) is 4.79 Å². The maximum Gasteiger partial charge on any atom is 0.264 e. The molecule has 78 valence electrons. The van der Waals surface area contributed by atoms with Gasteiger partial charge in [0, 0.05) is 11.3 Å². The number of H-pyrrole nitrogens is 1. The van der Waals surface area contributed by atoms with Crippen molar-refractivity contribution in [2.24, 2.45) is 0 Å². The second kappa shape index (κ2) is 4.52. The predicted octanol–water partition coefficient (Wildman–Crippen LogP) is 1.54. The third-order valence-corrected chi connectivity index (χ3v) is 2.05. The molecule has 0 aliphatic heterocycles. The minimum atomic E-state index is -2.79. The number of aliphatic hydroxyl groups excluding tert-OH is 1. The van der Waals surface area contributed by atoms with E-state index >= 15 is 0 Å². The van der Waals surface area contributed by atoms with Crippen LogP contribution in [0.25, 0.3) is 0 Å². The lowest BCUT2D eigenvalue weighted by Crippen LogP contribution is -2.17. The molecule has 0 unspecified atom stereocenters. The number of hydrogen-bond donors (Lipinski definition) is 2. The highest BCUT2D eigenvalue weighted by atomic mass is 35.5. The van der Waals surface area contributed by atoms with Crippen molar-refractivity contribution in [3.05, 3.63) is 33.2 Å². The van der Waals surface area contributed by atoms with Gasteiger partial charge in [-0.1, -0.05) is 0 Å². The van der Waals surface area contributed by atoms with Gasteiger partial charge >= 0.3 is 0 Å². The standard InChI is InChI=1S/C8H8ClF2NO2/c9-2-4-1-5(7(10)11)6(3-13)8(14)12-4/h1,7,13H,2-3H2,(H,12,14). The van der Waals surface area contributed by atoms with Crippen molar-refractivity contribution in [2.75, 3.05) is 0 Å². The van der Waals surface area contributed by atoms with Gasteiger partial charge in [0.2, 0.25) is 0 Å². The number of halogens is 3. The average molecular weight is 224 g/mol. The molecule has 0 aromatic carbocycles. The van der Waals surface area contributed by atoms with Gasteiger partial charge in [-0.15, -0.1) is 11.6 Å². The number of rotatable bonds is 3. The number of aliphatic hydroxyl groups is 1. The molecule has 0 bridgehead atoms. The Morgan fingerprint density at radius 2 is 2.21 bits per heavy atom. The van der Waals surface area contributed by atoms with Crippen LogP contribution in [-0.2, 0) is 12.5 Å². The monoisotopic (exact) mass is 223 g/mol. The van der Waals surface area contributed by atoms with Crippen molar-refractivity contribution in [1.29, 1.82) is 0 Å². The van der Waals surface area contributed by atoms with Crippen molar-refractivity contribution in [2.45, 2.75) is 18.9 Å². The second-order valence-electron chi connectivity index (χ2n) is 2.65. The number of aromatic amines is 1. The number of nitrogens with one attached hydrogen (secondary N) is 1. The molecule has 0 aliphatic carbocycles. The highest BCUT2D eigenvalue weighted by Gasteiger charge is 2.16. The molecule has 0 fully saturated rings. The molecular formula is C8H8ClF2NO2. The summed E-state index contributed by atoms with van der Waals surface area (Å²) in [5.74, 6) is -0.0549. The molecule has 0 saturated carbocycles. The molecular weight excluding hydrogens is 216 g/mol. The van der Waals surface area contributed by atoms with E-state index in [-0.39, 0.29) is 17.1 Å². The van der Waals surface area contributed by atoms with Crippen LogP contribution in [0.4, 0.5) is 8.78 Å². The average Bonchev–Trinajstić information content (AvgIpc) is 2.16. The molecule has 1 aromatic rings. The summed E-state index contributed by atoms with van der Waals surface area (Å²) < 4.78 is 24.8. The van der Waals surface area contributed by atoms with Crippen LogP contribution in [0.2, 0.25) is 0 Å². The van der Waals surface area contributed by atoms with Gasteiger partial charge in [-0.25, -0.2) is 8.78 Å². The molecule has 1 heterocycles. The summed E-state index contributed by atoms with van der Waals surface area (Å²) in [7, 11) is 0. The van der Waals surface area contributed by atoms with Crippen molar-refractivity contribution in [3.63, 3.8) is 0 Å². The molecule has 0 atom stereocenters. The Kier molecular flexibility index (Phi) is 3.60. The van der Waals surface area contributed by atoms with Crippen LogP contribution in [0.5, 0.6) is 0 Å². The van der Waals surface area contributed by atoms with Gasteiger partial charge in [0.15, 0.2) is 0 Å². The van der Waals surface area contributed by atoms with E-state index in [1.165, 1.54) is 0 Å². The summed E-state index contributed by atoms with van der Waals surface area (Å²) in [6, 6.07) is 1.09.